The molecule has 1 aliphatic heterocycles. The molecule has 1 atom stereocenters. The Morgan fingerprint density at radius 3 is 2.67 bits per heavy atom. The first-order valence-electron chi connectivity index (χ1n) is 9.59. The van der Waals surface area contributed by atoms with E-state index in [9.17, 15) is 4.79 Å². The molecule has 1 aliphatic carbocycles. The fourth-order valence-electron chi connectivity index (χ4n) is 4.17. The van der Waals surface area contributed by atoms with E-state index in [1.54, 1.807) is 12.0 Å². The molecule has 1 unspecified atom stereocenters. The number of carbonyl (C=O) groups is 1. The molecule has 27 heavy (non-hydrogen) atoms. The number of anilines is 1. The Bertz CT molecular complexity index is 854. The van der Waals surface area contributed by atoms with Crippen LogP contribution in [-0.4, -0.2) is 19.6 Å². The van der Waals surface area contributed by atoms with Gasteiger partial charge < -0.3 is 9.47 Å². The molecule has 0 saturated heterocycles. The lowest BCUT2D eigenvalue weighted by Crippen LogP contribution is -2.26. The van der Waals surface area contributed by atoms with Gasteiger partial charge in [0.25, 0.3) is 5.91 Å². The van der Waals surface area contributed by atoms with E-state index in [-0.39, 0.29) is 11.9 Å². The third kappa shape index (κ3) is 3.20. The highest BCUT2D eigenvalue weighted by Gasteiger charge is 2.36. The molecule has 0 bridgehead atoms. The van der Waals surface area contributed by atoms with Crippen molar-refractivity contribution in [2.24, 2.45) is 5.92 Å². The predicted octanol–water partition coefficient (Wildman–Crippen LogP) is 5.15. The zero-order valence-electron chi connectivity index (χ0n) is 15.7. The van der Waals surface area contributed by atoms with Gasteiger partial charge in [-0.15, -0.1) is 6.58 Å². The van der Waals surface area contributed by atoms with Crippen molar-refractivity contribution >= 4 is 11.6 Å². The molecule has 2 aromatic carbocycles. The summed E-state index contributed by atoms with van der Waals surface area (Å²) in [5.74, 6) is 1.98. The summed E-state index contributed by atoms with van der Waals surface area (Å²) in [4.78, 5) is 14.8. The summed E-state index contributed by atoms with van der Waals surface area (Å²) in [6.07, 6.45) is 6.83. The van der Waals surface area contributed by atoms with Gasteiger partial charge >= 0.3 is 0 Å². The van der Waals surface area contributed by atoms with Crippen molar-refractivity contribution in [3.8, 4) is 11.5 Å². The second-order valence-electron chi connectivity index (χ2n) is 7.24. The summed E-state index contributed by atoms with van der Waals surface area (Å²) in [6, 6.07) is 13.2. The number of benzene rings is 2. The molecule has 4 nitrogen and oxygen atoms in total. The molecule has 4 rings (SSSR count). The Balaban J connectivity index is 1.64. The lowest BCUT2D eigenvalue weighted by Gasteiger charge is -2.24. The van der Waals surface area contributed by atoms with Crippen molar-refractivity contribution in [3.05, 3.63) is 66.2 Å². The number of nitrogens with zero attached hydrogens (tertiary/aromatic N) is 1. The van der Waals surface area contributed by atoms with Gasteiger partial charge in [-0.05, 0) is 42.5 Å². The third-order valence-corrected chi connectivity index (χ3v) is 5.60. The number of rotatable bonds is 6. The molecule has 1 saturated carbocycles. The molecule has 1 amide bonds. The SMILES string of the molecule is C=CC1c2ccccc2C(=O)N1c1ccc(OC)c(OCC2CCCC2)c1. The average molecular weight is 363 g/mol. The number of amides is 1. The lowest BCUT2D eigenvalue weighted by atomic mass is 10.0. The van der Waals surface area contributed by atoms with Crippen molar-refractivity contribution in [3.63, 3.8) is 0 Å². The quantitative estimate of drug-likeness (QED) is 0.666. The van der Waals surface area contributed by atoms with Gasteiger partial charge in [-0.2, -0.15) is 0 Å². The minimum atomic E-state index is -0.176. The number of fused-ring (bicyclic) bond motifs is 1. The summed E-state index contributed by atoms with van der Waals surface area (Å²) in [5, 5.41) is 0. The van der Waals surface area contributed by atoms with Crippen LogP contribution >= 0.6 is 0 Å². The van der Waals surface area contributed by atoms with Crippen LogP contribution in [0.25, 0.3) is 0 Å². The zero-order valence-corrected chi connectivity index (χ0v) is 15.7. The van der Waals surface area contributed by atoms with Gasteiger partial charge in [0.2, 0.25) is 0 Å². The average Bonchev–Trinajstić information content (AvgIpc) is 3.32. The van der Waals surface area contributed by atoms with Crippen LogP contribution in [0.1, 0.15) is 47.6 Å². The molecule has 1 fully saturated rings. The largest absolute Gasteiger partial charge is 0.493 e. The molecule has 0 aromatic heterocycles. The van der Waals surface area contributed by atoms with Gasteiger partial charge in [0, 0.05) is 17.3 Å². The minimum absolute atomic E-state index is 0.0117. The Labute approximate surface area is 160 Å². The van der Waals surface area contributed by atoms with E-state index in [4.69, 9.17) is 9.47 Å². The number of hydrogen-bond donors (Lipinski definition) is 0. The van der Waals surface area contributed by atoms with E-state index >= 15 is 0 Å². The molecular weight excluding hydrogens is 338 g/mol. The van der Waals surface area contributed by atoms with Crippen LogP contribution in [0.15, 0.2) is 55.1 Å². The Hall–Kier alpha value is -2.75. The van der Waals surface area contributed by atoms with Gasteiger partial charge in [0.05, 0.1) is 19.8 Å². The fourth-order valence-corrected chi connectivity index (χ4v) is 4.17. The van der Waals surface area contributed by atoms with E-state index < -0.39 is 0 Å². The highest BCUT2D eigenvalue weighted by molar-refractivity contribution is 6.11. The second kappa shape index (κ2) is 7.47. The first kappa shape index (κ1) is 17.7. The van der Waals surface area contributed by atoms with E-state index in [0.717, 1.165) is 16.8 Å². The molecule has 0 spiro atoms. The number of ether oxygens (including phenoxy) is 2. The van der Waals surface area contributed by atoms with E-state index in [0.29, 0.717) is 24.0 Å². The minimum Gasteiger partial charge on any atom is -0.493 e. The lowest BCUT2D eigenvalue weighted by molar-refractivity contribution is 0.0994. The second-order valence-corrected chi connectivity index (χ2v) is 7.24. The highest BCUT2D eigenvalue weighted by Crippen LogP contribution is 2.41. The Morgan fingerprint density at radius 1 is 1.15 bits per heavy atom. The summed E-state index contributed by atoms with van der Waals surface area (Å²) >= 11 is 0. The maximum Gasteiger partial charge on any atom is 0.259 e. The Morgan fingerprint density at radius 2 is 1.93 bits per heavy atom. The Kier molecular flexibility index (Phi) is 4.88. The monoisotopic (exact) mass is 363 g/mol. The third-order valence-electron chi connectivity index (χ3n) is 5.60. The first-order chi connectivity index (χ1) is 13.2. The summed E-state index contributed by atoms with van der Waals surface area (Å²) in [7, 11) is 1.64. The van der Waals surface area contributed by atoms with Crippen molar-refractivity contribution in [2.45, 2.75) is 31.7 Å². The standard InChI is InChI=1S/C23H25NO3/c1-3-20-18-10-6-7-11-19(18)23(25)24(20)17-12-13-21(26-2)22(14-17)27-15-16-8-4-5-9-16/h3,6-7,10-14,16,20H,1,4-5,8-9,15H2,2H3. The van der Waals surface area contributed by atoms with Gasteiger partial charge in [-0.1, -0.05) is 37.1 Å². The predicted molar refractivity (Wildman–Crippen MR) is 107 cm³/mol. The maximum atomic E-state index is 13.0. The number of methoxy groups -OCH3 is 1. The fraction of sp³-hybridized carbons (Fsp3) is 0.348. The molecule has 2 aliphatic rings. The molecule has 2 aromatic rings. The zero-order chi connectivity index (χ0) is 18.8. The van der Waals surface area contributed by atoms with Gasteiger partial charge in [0.1, 0.15) is 0 Å². The van der Waals surface area contributed by atoms with Crippen LogP contribution in [0.4, 0.5) is 5.69 Å². The van der Waals surface area contributed by atoms with Crippen molar-refractivity contribution < 1.29 is 14.3 Å². The van der Waals surface area contributed by atoms with Crippen LogP contribution in [0, 0.1) is 5.92 Å². The van der Waals surface area contributed by atoms with Crippen molar-refractivity contribution in [1.82, 2.24) is 0 Å². The summed E-state index contributed by atoms with van der Waals surface area (Å²) < 4.78 is 11.6. The molecule has 140 valence electrons. The topological polar surface area (TPSA) is 38.8 Å². The van der Waals surface area contributed by atoms with Crippen molar-refractivity contribution in [1.29, 1.82) is 0 Å². The van der Waals surface area contributed by atoms with Crippen LogP contribution in [0.5, 0.6) is 11.5 Å². The molecule has 0 N–H and O–H groups in total. The van der Waals surface area contributed by atoms with Gasteiger partial charge in [-0.25, -0.2) is 0 Å². The van der Waals surface area contributed by atoms with Crippen LogP contribution in [0.2, 0.25) is 0 Å². The van der Waals surface area contributed by atoms with E-state index in [2.05, 4.69) is 6.58 Å². The van der Waals surface area contributed by atoms with Crippen LogP contribution in [0.3, 0.4) is 0 Å². The first-order valence-corrected chi connectivity index (χ1v) is 9.59. The number of carbonyl (C=O) groups excluding carboxylic acids is 1. The smallest absolute Gasteiger partial charge is 0.259 e. The van der Waals surface area contributed by atoms with Crippen molar-refractivity contribution in [2.75, 3.05) is 18.6 Å². The highest BCUT2D eigenvalue weighted by atomic mass is 16.5. The molecular formula is C23H25NO3. The van der Waals surface area contributed by atoms with Crippen LogP contribution < -0.4 is 14.4 Å². The van der Waals surface area contributed by atoms with Crippen LogP contribution in [-0.2, 0) is 0 Å². The summed E-state index contributed by atoms with van der Waals surface area (Å²) in [6.45, 7) is 4.64. The molecule has 4 heteroatoms. The molecule has 0 radical (unpaired) electrons. The van der Waals surface area contributed by atoms with E-state index in [1.807, 2.05) is 48.5 Å². The summed E-state index contributed by atoms with van der Waals surface area (Å²) in [5.41, 5.74) is 2.51. The van der Waals surface area contributed by atoms with E-state index in [1.165, 1.54) is 25.7 Å². The maximum absolute atomic E-state index is 13.0. The van der Waals surface area contributed by atoms with Gasteiger partial charge in [0.15, 0.2) is 11.5 Å². The van der Waals surface area contributed by atoms with Gasteiger partial charge in [-0.3, -0.25) is 9.69 Å². The number of hydrogen-bond acceptors (Lipinski definition) is 3. The normalized spacial score (nSPS) is 19.2. The molecule has 1 heterocycles.